The van der Waals surface area contributed by atoms with E-state index in [0.29, 0.717) is 34.1 Å². The molecule has 4 atom stereocenters. The molecule has 8 nitrogen and oxygen atoms in total. The number of methoxy groups -OCH3 is 3. The van der Waals surface area contributed by atoms with Crippen LogP contribution in [0.1, 0.15) is 31.8 Å². The van der Waals surface area contributed by atoms with Crippen molar-refractivity contribution in [2.24, 2.45) is 5.92 Å². The number of rotatable bonds is 7. The van der Waals surface area contributed by atoms with Crippen molar-refractivity contribution in [1.29, 1.82) is 0 Å². The zero-order valence-corrected chi connectivity index (χ0v) is 26.3. The third-order valence-corrected chi connectivity index (χ3v) is 9.70. The third kappa shape index (κ3) is 4.14. The highest BCUT2D eigenvalue weighted by atomic mass is 79.9. The summed E-state index contributed by atoms with van der Waals surface area (Å²) >= 11 is 3.46. The first kappa shape index (κ1) is 28.9. The second-order valence-electron chi connectivity index (χ2n) is 11.2. The zero-order chi connectivity index (χ0) is 31.5. The van der Waals surface area contributed by atoms with Crippen molar-refractivity contribution in [3.8, 4) is 17.2 Å². The van der Waals surface area contributed by atoms with Gasteiger partial charge in [0.25, 0.3) is 0 Å². The van der Waals surface area contributed by atoms with Gasteiger partial charge >= 0.3 is 0 Å². The summed E-state index contributed by atoms with van der Waals surface area (Å²) in [5.41, 5.74) is 2.19. The molecule has 3 aliphatic rings. The van der Waals surface area contributed by atoms with Crippen molar-refractivity contribution < 1.29 is 28.6 Å². The Morgan fingerprint density at radius 2 is 1.49 bits per heavy atom. The molecule has 1 saturated heterocycles. The summed E-state index contributed by atoms with van der Waals surface area (Å²) in [5.74, 6) is -1.21. The number of hydrogen-bond acceptors (Lipinski definition) is 7. The van der Waals surface area contributed by atoms with Crippen LogP contribution in [0.25, 0.3) is 6.08 Å². The van der Waals surface area contributed by atoms with Crippen molar-refractivity contribution in [3.63, 3.8) is 0 Å². The van der Waals surface area contributed by atoms with Gasteiger partial charge in [0.1, 0.15) is 11.5 Å². The van der Waals surface area contributed by atoms with Crippen LogP contribution < -0.4 is 24.4 Å². The average molecular weight is 666 g/mol. The lowest BCUT2D eigenvalue weighted by Gasteiger charge is -2.37. The van der Waals surface area contributed by atoms with E-state index >= 15 is 4.79 Å². The lowest BCUT2D eigenvalue weighted by molar-refractivity contribution is -0.121. The number of anilines is 2. The number of Topliss-reactive ketones (excluding diaryl/α,β-unsaturated/α-hetero) is 2. The number of ether oxygens (including phenoxy) is 3. The van der Waals surface area contributed by atoms with Crippen LogP contribution in [0.3, 0.4) is 0 Å². The minimum absolute atomic E-state index is 0.233. The van der Waals surface area contributed by atoms with Gasteiger partial charge in [-0.1, -0.05) is 76.6 Å². The van der Waals surface area contributed by atoms with Crippen molar-refractivity contribution in [1.82, 2.24) is 0 Å². The molecule has 0 unspecified atom stereocenters. The molecular weight excluding hydrogens is 636 g/mol. The van der Waals surface area contributed by atoms with Crippen LogP contribution in [-0.4, -0.2) is 50.9 Å². The van der Waals surface area contributed by atoms with Crippen molar-refractivity contribution in [2.75, 3.05) is 31.5 Å². The Kier molecular flexibility index (Phi) is 7.00. The molecule has 0 radical (unpaired) electrons. The number of ketones is 2. The number of fused-ring (bicyclic) bond motifs is 6. The van der Waals surface area contributed by atoms with Gasteiger partial charge in [-0.3, -0.25) is 14.4 Å². The Labute approximate surface area is 268 Å². The summed E-state index contributed by atoms with van der Waals surface area (Å²) in [7, 11) is 4.44. The van der Waals surface area contributed by atoms with Gasteiger partial charge in [0.05, 0.1) is 33.3 Å². The molecule has 0 bridgehead atoms. The maximum atomic E-state index is 15.2. The fourth-order valence-corrected chi connectivity index (χ4v) is 7.57. The topological polar surface area (TPSA) is 94.2 Å². The molecular formula is C36H29BrN2O6. The molecule has 4 aromatic carbocycles. The molecule has 9 heteroatoms. The number of carbonyl (C=O) groups excluding carboxylic acids is 3. The molecule has 7 rings (SSSR count). The SMILES string of the molecule is COc1cc(C(=O)[C@H]2[C@@H](C(=O)c3ccc(Br)cc3)N3c4ccccc4C=C[C@@H]3[C@]23C(=O)Nc2ccccc23)cc(OC)c1OC. The number of nitrogens with zero attached hydrogens (tertiary/aromatic N) is 1. The number of para-hydroxylation sites is 2. The van der Waals surface area contributed by atoms with Crippen molar-refractivity contribution in [2.45, 2.75) is 17.5 Å². The highest BCUT2D eigenvalue weighted by molar-refractivity contribution is 9.10. The van der Waals surface area contributed by atoms with Crippen LogP contribution in [0.4, 0.5) is 11.4 Å². The molecule has 3 aliphatic heterocycles. The first-order valence-corrected chi connectivity index (χ1v) is 15.2. The van der Waals surface area contributed by atoms with E-state index in [-0.39, 0.29) is 17.3 Å². The van der Waals surface area contributed by atoms with Gasteiger partial charge in [-0.15, -0.1) is 0 Å². The zero-order valence-electron chi connectivity index (χ0n) is 24.7. The van der Waals surface area contributed by atoms with Gasteiger partial charge in [0, 0.05) is 27.0 Å². The molecule has 45 heavy (non-hydrogen) atoms. The second kappa shape index (κ2) is 10.9. The summed E-state index contributed by atoms with van der Waals surface area (Å²) in [6, 6.07) is 23.7. The summed E-state index contributed by atoms with van der Waals surface area (Å²) in [6.45, 7) is 0. The molecule has 0 saturated carbocycles. The molecule has 0 aliphatic carbocycles. The molecule has 1 amide bonds. The average Bonchev–Trinajstić information content (AvgIpc) is 3.55. The number of nitrogens with one attached hydrogen (secondary N) is 1. The first-order valence-electron chi connectivity index (χ1n) is 14.5. The van der Waals surface area contributed by atoms with Crippen LogP contribution in [0.15, 0.2) is 95.5 Å². The largest absolute Gasteiger partial charge is 0.493 e. The highest BCUT2D eigenvalue weighted by Crippen LogP contribution is 2.58. The van der Waals surface area contributed by atoms with Crippen LogP contribution >= 0.6 is 15.9 Å². The summed E-state index contributed by atoms with van der Waals surface area (Å²) in [6.07, 6.45) is 3.92. The summed E-state index contributed by atoms with van der Waals surface area (Å²) in [5, 5.41) is 3.05. The van der Waals surface area contributed by atoms with E-state index in [0.717, 1.165) is 15.7 Å². The van der Waals surface area contributed by atoms with Crippen LogP contribution in [0, 0.1) is 5.92 Å². The second-order valence-corrected chi connectivity index (χ2v) is 12.1. The summed E-state index contributed by atoms with van der Waals surface area (Å²) in [4.78, 5) is 46.6. The van der Waals surface area contributed by atoms with E-state index in [9.17, 15) is 9.59 Å². The van der Waals surface area contributed by atoms with E-state index in [4.69, 9.17) is 14.2 Å². The molecule has 1 fully saturated rings. The number of benzene rings is 4. The maximum absolute atomic E-state index is 15.2. The van der Waals surface area contributed by atoms with Crippen molar-refractivity contribution >= 4 is 50.9 Å². The standard InChI is InChI=1S/C36H29BrN2O6/c1-43-27-18-22(19-28(44-2)34(27)45-3)32(40)30-31(33(41)21-12-15-23(37)16-13-21)39-26-11-7-4-8-20(26)14-17-29(39)36(30)24-9-5-6-10-25(24)38-35(36)42/h4-19,29-31H,1-3H3,(H,38,42)/t29-,30-,31+,36+/m1/s1. The smallest absolute Gasteiger partial charge is 0.238 e. The van der Waals surface area contributed by atoms with E-state index in [1.54, 1.807) is 36.4 Å². The predicted octanol–water partition coefficient (Wildman–Crippen LogP) is 6.33. The van der Waals surface area contributed by atoms with E-state index < -0.39 is 29.2 Å². The van der Waals surface area contributed by atoms with Gasteiger partial charge in [-0.25, -0.2) is 0 Å². The molecule has 226 valence electrons. The van der Waals surface area contributed by atoms with E-state index in [1.165, 1.54) is 21.3 Å². The monoisotopic (exact) mass is 664 g/mol. The third-order valence-electron chi connectivity index (χ3n) is 9.17. The van der Waals surface area contributed by atoms with Crippen LogP contribution in [0.5, 0.6) is 17.2 Å². The number of carbonyl (C=O) groups is 3. The van der Waals surface area contributed by atoms with Gasteiger partial charge < -0.3 is 24.4 Å². The highest BCUT2D eigenvalue weighted by Gasteiger charge is 2.70. The Morgan fingerprint density at radius 3 is 2.18 bits per heavy atom. The predicted molar refractivity (Wildman–Crippen MR) is 175 cm³/mol. The molecule has 0 aromatic heterocycles. The number of amides is 1. The van der Waals surface area contributed by atoms with Crippen LogP contribution in [0.2, 0.25) is 0 Å². The summed E-state index contributed by atoms with van der Waals surface area (Å²) < 4.78 is 17.5. The fourth-order valence-electron chi connectivity index (χ4n) is 7.31. The minimum atomic E-state index is -1.44. The molecule has 1 N–H and O–H groups in total. The molecule has 3 heterocycles. The maximum Gasteiger partial charge on any atom is 0.238 e. The van der Waals surface area contributed by atoms with Gasteiger partial charge in [0.15, 0.2) is 23.1 Å². The lowest BCUT2D eigenvalue weighted by Crippen LogP contribution is -2.51. The lowest BCUT2D eigenvalue weighted by atomic mass is 9.64. The van der Waals surface area contributed by atoms with Gasteiger partial charge in [-0.05, 0) is 47.5 Å². The Balaban J connectivity index is 1.53. The minimum Gasteiger partial charge on any atom is -0.493 e. The number of halogens is 1. The Morgan fingerprint density at radius 1 is 0.822 bits per heavy atom. The normalized spacial score (nSPS) is 22.4. The molecule has 4 aromatic rings. The van der Waals surface area contributed by atoms with Crippen LogP contribution in [-0.2, 0) is 10.2 Å². The van der Waals surface area contributed by atoms with Gasteiger partial charge in [-0.2, -0.15) is 0 Å². The number of hydrogen-bond donors (Lipinski definition) is 1. The quantitative estimate of drug-likeness (QED) is 0.231. The van der Waals surface area contributed by atoms with Crippen molar-refractivity contribution in [3.05, 3.63) is 118 Å². The van der Waals surface area contributed by atoms with E-state index in [2.05, 4.69) is 21.2 Å². The molecule has 1 spiro atoms. The first-order chi connectivity index (χ1) is 21.8. The fraction of sp³-hybridized carbons (Fsp3) is 0.194. The van der Waals surface area contributed by atoms with E-state index in [1.807, 2.05) is 65.6 Å². The Bertz CT molecular complexity index is 1880. The van der Waals surface area contributed by atoms with Gasteiger partial charge in [0.2, 0.25) is 11.7 Å². The Hall–Kier alpha value is -4.89.